The summed E-state index contributed by atoms with van der Waals surface area (Å²) < 4.78 is 45.9. The van der Waals surface area contributed by atoms with Gasteiger partial charge in [-0.25, -0.2) is 28.1 Å². The van der Waals surface area contributed by atoms with Crippen LogP contribution in [0.1, 0.15) is 49.1 Å². The molecule has 0 saturated carbocycles. The fraction of sp³-hybridized carbons (Fsp3) is 0.200. The molecular weight excluding hydrogens is 557 g/mol. The van der Waals surface area contributed by atoms with E-state index in [1.54, 1.807) is 19.1 Å². The van der Waals surface area contributed by atoms with E-state index in [-0.39, 0.29) is 28.9 Å². The molecular formula is C25H18ClF3N6O3S. The van der Waals surface area contributed by atoms with Crippen molar-refractivity contribution in [2.45, 2.75) is 26.4 Å². The van der Waals surface area contributed by atoms with E-state index in [1.807, 2.05) is 0 Å². The van der Waals surface area contributed by atoms with Crippen molar-refractivity contribution < 1.29 is 27.5 Å². The van der Waals surface area contributed by atoms with Crippen molar-refractivity contribution in [3.8, 4) is 16.9 Å². The molecule has 200 valence electrons. The zero-order valence-corrected chi connectivity index (χ0v) is 21.9. The first kappa shape index (κ1) is 26.5. The number of hydrogen-bond acceptors (Lipinski definition) is 8. The third kappa shape index (κ3) is 5.14. The number of aromatic nitrogens is 4. The number of amides is 2. The highest BCUT2D eigenvalue weighted by atomic mass is 35.5. The van der Waals surface area contributed by atoms with Crippen molar-refractivity contribution in [2.24, 2.45) is 0 Å². The van der Waals surface area contributed by atoms with Crippen LogP contribution >= 0.6 is 22.9 Å². The minimum absolute atomic E-state index is 0.00458. The molecule has 0 fully saturated rings. The minimum Gasteiger partial charge on any atom is -0.494 e. The fourth-order valence-corrected chi connectivity index (χ4v) is 5.22. The first-order chi connectivity index (χ1) is 18.7. The molecule has 0 saturated heterocycles. The number of pyridine rings is 3. The standard InChI is InChI=1S/C25H18ClF3N6O3S/c1-11-5-13(14-6-19(26)32-8-17(14)38-2)15(7-31-11)23(36)34-25-33-16-9-35(10-18(16)39-25)24(37)21-20(27)12(22(28)29)3-4-30-21/h3-8,22H,9-10H2,1-2H3,(H,33,34,36). The van der Waals surface area contributed by atoms with Crippen molar-refractivity contribution in [3.05, 3.63) is 80.8 Å². The van der Waals surface area contributed by atoms with E-state index in [0.29, 0.717) is 33.1 Å². The molecule has 0 bridgehead atoms. The number of methoxy groups -OCH3 is 1. The van der Waals surface area contributed by atoms with Crippen molar-refractivity contribution in [1.82, 2.24) is 24.8 Å². The van der Waals surface area contributed by atoms with Gasteiger partial charge in [0.25, 0.3) is 18.2 Å². The number of nitrogens with one attached hydrogen (secondary N) is 1. The Bertz CT molecular complexity index is 1590. The van der Waals surface area contributed by atoms with Gasteiger partial charge in [0.05, 0.1) is 48.1 Å². The van der Waals surface area contributed by atoms with Crippen molar-refractivity contribution in [3.63, 3.8) is 0 Å². The number of aryl methyl sites for hydroxylation is 1. The lowest BCUT2D eigenvalue weighted by Gasteiger charge is -2.16. The molecule has 4 aromatic rings. The molecule has 0 unspecified atom stereocenters. The summed E-state index contributed by atoms with van der Waals surface area (Å²) in [4.78, 5) is 44.3. The van der Waals surface area contributed by atoms with E-state index in [1.165, 1.54) is 24.4 Å². The number of hydrogen-bond donors (Lipinski definition) is 1. The summed E-state index contributed by atoms with van der Waals surface area (Å²) in [6.45, 7) is 1.85. The van der Waals surface area contributed by atoms with Gasteiger partial charge in [0.1, 0.15) is 10.9 Å². The minimum atomic E-state index is -3.08. The predicted octanol–water partition coefficient (Wildman–Crippen LogP) is 5.45. The maximum Gasteiger partial charge on any atom is 0.276 e. The van der Waals surface area contributed by atoms with E-state index in [9.17, 15) is 22.8 Å². The van der Waals surface area contributed by atoms with Crippen LogP contribution in [0, 0.1) is 12.7 Å². The summed E-state index contributed by atoms with van der Waals surface area (Å²) in [7, 11) is 1.48. The van der Waals surface area contributed by atoms with E-state index < -0.39 is 35.3 Å². The molecule has 0 aliphatic carbocycles. The number of carbonyl (C=O) groups excluding carboxylic acids is 2. The number of fused-ring (bicyclic) bond motifs is 1. The molecule has 2 amide bonds. The summed E-state index contributed by atoms with van der Waals surface area (Å²) in [5.41, 5.74) is 0.931. The van der Waals surface area contributed by atoms with Crippen LogP contribution in [0.3, 0.4) is 0 Å². The lowest BCUT2D eigenvalue weighted by molar-refractivity contribution is 0.0737. The second kappa shape index (κ2) is 10.6. The zero-order valence-electron chi connectivity index (χ0n) is 20.3. The van der Waals surface area contributed by atoms with Crippen LogP contribution in [0.2, 0.25) is 5.15 Å². The van der Waals surface area contributed by atoms with Gasteiger partial charge in [0, 0.05) is 29.2 Å². The van der Waals surface area contributed by atoms with Crippen LogP contribution in [0.25, 0.3) is 11.1 Å². The van der Waals surface area contributed by atoms with Crippen molar-refractivity contribution >= 4 is 39.9 Å². The normalized spacial score (nSPS) is 12.5. The van der Waals surface area contributed by atoms with Gasteiger partial charge in [-0.15, -0.1) is 0 Å². The lowest BCUT2D eigenvalue weighted by atomic mass is 10.0. The number of rotatable bonds is 6. The van der Waals surface area contributed by atoms with Gasteiger partial charge in [-0.05, 0) is 25.1 Å². The Morgan fingerprint density at radius 1 is 1.15 bits per heavy atom. The number of nitrogens with zero attached hydrogens (tertiary/aromatic N) is 5. The summed E-state index contributed by atoms with van der Waals surface area (Å²) in [6, 6.07) is 4.15. The first-order valence-corrected chi connectivity index (χ1v) is 12.5. The smallest absolute Gasteiger partial charge is 0.276 e. The molecule has 39 heavy (non-hydrogen) atoms. The number of alkyl halides is 2. The second-order valence-electron chi connectivity index (χ2n) is 8.45. The number of halogens is 4. The highest BCUT2D eigenvalue weighted by Crippen LogP contribution is 2.36. The monoisotopic (exact) mass is 574 g/mol. The van der Waals surface area contributed by atoms with Gasteiger partial charge in [0.2, 0.25) is 0 Å². The number of carbonyl (C=O) groups is 2. The summed E-state index contributed by atoms with van der Waals surface area (Å²) >= 11 is 7.24. The van der Waals surface area contributed by atoms with Crippen LogP contribution in [-0.2, 0) is 13.1 Å². The quantitative estimate of drug-likeness (QED) is 0.305. The molecule has 1 aliphatic heterocycles. The van der Waals surface area contributed by atoms with Crippen LogP contribution in [0.4, 0.5) is 18.3 Å². The van der Waals surface area contributed by atoms with E-state index in [0.717, 1.165) is 23.6 Å². The average molecular weight is 575 g/mol. The number of thiazole rings is 1. The summed E-state index contributed by atoms with van der Waals surface area (Å²) in [6.07, 6.45) is 0.788. The van der Waals surface area contributed by atoms with Gasteiger partial charge in [0.15, 0.2) is 16.6 Å². The van der Waals surface area contributed by atoms with E-state index in [2.05, 4.69) is 25.3 Å². The Kier molecular flexibility index (Phi) is 7.19. The molecule has 14 heteroatoms. The molecule has 0 aromatic carbocycles. The SMILES string of the molecule is COc1cnc(Cl)cc1-c1cc(C)ncc1C(=O)Nc1nc2c(s1)CN(C(=O)c1nccc(C(F)F)c1F)C2. The number of ether oxygens (including phenoxy) is 1. The summed E-state index contributed by atoms with van der Waals surface area (Å²) in [5.74, 6) is -2.24. The van der Waals surface area contributed by atoms with Crippen LogP contribution in [-0.4, -0.2) is 43.8 Å². The Morgan fingerprint density at radius 3 is 2.67 bits per heavy atom. The van der Waals surface area contributed by atoms with Gasteiger partial charge < -0.3 is 9.64 Å². The van der Waals surface area contributed by atoms with Crippen LogP contribution < -0.4 is 10.1 Å². The highest BCUT2D eigenvalue weighted by Gasteiger charge is 2.32. The molecule has 5 heterocycles. The lowest BCUT2D eigenvalue weighted by Crippen LogP contribution is -2.28. The van der Waals surface area contributed by atoms with Crippen molar-refractivity contribution in [2.75, 3.05) is 12.4 Å². The van der Waals surface area contributed by atoms with E-state index >= 15 is 0 Å². The Hall–Kier alpha value is -4.10. The Morgan fingerprint density at radius 2 is 1.95 bits per heavy atom. The molecule has 5 rings (SSSR count). The van der Waals surface area contributed by atoms with Crippen molar-refractivity contribution in [1.29, 1.82) is 0 Å². The molecule has 0 radical (unpaired) electrons. The van der Waals surface area contributed by atoms with Gasteiger partial charge in [-0.3, -0.25) is 19.9 Å². The van der Waals surface area contributed by atoms with E-state index in [4.69, 9.17) is 16.3 Å². The zero-order chi connectivity index (χ0) is 27.8. The Balaban J connectivity index is 1.35. The van der Waals surface area contributed by atoms with Crippen LogP contribution in [0.5, 0.6) is 5.75 Å². The number of anilines is 1. The predicted molar refractivity (Wildman–Crippen MR) is 137 cm³/mol. The molecule has 0 atom stereocenters. The largest absolute Gasteiger partial charge is 0.494 e. The third-order valence-corrected chi connectivity index (χ3v) is 7.15. The third-order valence-electron chi connectivity index (χ3n) is 5.95. The van der Waals surface area contributed by atoms with Crippen LogP contribution in [0.15, 0.2) is 36.8 Å². The van der Waals surface area contributed by atoms with Gasteiger partial charge >= 0.3 is 0 Å². The Labute approximate surface area is 228 Å². The maximum absolute atomic E-state index is 14.4. The first-order valence-electron chi connectivity index (χ1n) is 11.3. The maximum atomic E-state index is 14.4. The topological polar surface area (TPSA) is 110 Å². The summed E-state index contributed by atoms with van der Waals surface area (Å²) in [5, 5.41) is 3.26. The molecule has 1 N–H and O–H groups in total. The molecule has 9 nitrogen and oxygen atoms in total. The fourth-order valence-electron chi connectivity index (χ4n) is 4.08. The van der Waals surface area contributed by atoms with Gasteiger partial charge in [-0.2, -0.15) is 0 Å². The van der Waals surface area contributed by atoms with Gasteiger partial charge in [-0.1, -0.05) is 22.9 Å². The highest BCUT2D eigenvalue weighted by molar-refractivity contribution is 7.16. The molecule has 1 aliphatic rings. The molecule has 0 spiro atoms. The average Bonchev–Trinajstić information content (AvgIpc) is 3.47. The second-order valence-corrected chi connectivity index (χ2v) is 9.92. The molecule has 4 aromatic heterocycles.